The lowest BCUT2D eigenvalue weighted by Gasteiger charge is -2.38. The summed E-state index contributed by atoms with van der Waals surface area (Å²) in [7, 11) is 0. The molecule has 0 saturated carbocycles. The summed E-state index contributed by atoms with van der Waals surface area (Å²) in [5, 5.41) is 18.7. The van der Waals surface area contributed by atoms with Gasteiger partial charge in [-0.15, -0.1) is 0 Å². The highest BCUT2D eigenvalue weighted by molar-refractivity contribution is 6.34. The lowest BCUT2D eigenvalue weighted by atomic mass is 9.89. The van der Waals surface area contributed by atoms with Gasteiger partial charge < -0.3 is 10.0 Å². The Morgan fingerprint density at radius 2 is 2.45 bits per heavy atom. The SMILES string of the molecule is CCC1CCN(c2nccc(C#N)c2Cl)C(C(=O)O)C1. The fourth-order valence-corrected chi connectivity index (χ4v) is 2.88. The van der Waals surface area contributed by atoms with Crippen molar-refractivity contribution in [1.82, 2.24) is 4.98 Å². The summed E-state index contributed by atoms with van der Waals surface area (Å²) >= 11 is 6.16. The van der Waals surface area contributed by atoms with E-state index < -0.39 is 12.0 Å². The zero-order valence-corrected chi connectivity index (χ0v) is 12.0. The number of hydrogen-bond acceptors (Lipinski definition) is 4. The van der Waals surface area contributed by atoms with Crippen molar-refractivity contribution in [3.8, 4) is 6.07 Å². The Bertz CT molecular complexity index is 556. The van der Waals surface area contributed by atoms with Crippen LogP contribution in [0.4, 0.5) is 5.82 Å². The number of rotatable bonds is 3. The summed E-state index contributed by atoms with van der Waals surface area (Å²) in [6, 6.07) is 2.89. The molecule has 0 bridgehead atoms. The maximum atomic E-state index is 11.5. The molecule has 2 rings (SSSR count). The van der Waals surface area contributed by atoms with Crippen LogP contribution in [0.1, 0.15) is 31.7 Å². The number of hydrogen-bond donors (Lipinski definition) is 1. The number of carboxylic acid groups (broad SMARTS) is 1. The minimum Gasteiger partial charge on any atom is -0.480 e. The minimum absolute atomic E-state index is 0.233. The van der Waals surface area contributed by atoms with Crippen molar-refractivity contribution in [2.45, 2.75) is 32.2 Å². The Balaban J connectivity index is 2.36. The first-order valence-corrected chi connectivity index (χ1v) is 7.00. The maximum Gasteiger partial charge on any atom is 0.326 e. The van der Waals surface area contributed by atoms with E-state index in [0.29, 0.717) is 30.3 Å². The van der Waals surface area contributed by atoms with Gasteiger partial charge in [0.05, 0.1) is 5.56 Å². The smallest absolute Gasteiger partial charge is 0.326 e. The average molecular weight is 294 g/mol. The Morgan fingerprint density at radius 3 is 3.05 bits per heavy atom. The van der Waals surface area contributed by atoms with Crippen LogP contribution in [0.3, 0.4) is 0 Å². The molecule has 2 atom stereocenters. The highest BCUT2D eigenvalue weighted by Gasteiger charge is 2.34. The number of nitriles is 1. The predicted molar refractivity (Wildman–Crippen MR) is 75.7 cm³/mol. The topological polar surface area (TPSA) is 77.2 Å². The molecule has 0 aromatic carbocycles. The molecule has 2 heterocycles. The summed E-state index contributed by atoms with van der Waals surface area (Å²) in [4.78, 5) is 17.4. The molecule has 0 amide bonds. The molecule has 1 saturated heterocycles. The van der Waals surface area contributed by atoms with Gasteiger partial charge >= 0.3 is 5.97 Å². The first-order valence-electron chi connectivity index (χ1n) is 6.62. The number of anilines is 1. The van der Waals surface area contributed by atoms with Gasteiger partial charge in [-0.3, -0.25) is 0 Å². The first kappa shape index (κ1) is 14.6. The summed E-state index contributed by atoms with van der Waals surface area (Å²) in [5.74, 6) is -0.0682. The van der Waals surface area contributed by atoms with Crippen molar-refractivity contribution < 1.29 is 9.90 Å². The molecule has 0 spiro atoms. The number of pyridine rings is 1. The summed E-state index contributed by atoms with van der Waals surface area (Å²) in [6.07, 6.45) is 3.96. The molecular weight excluding hydrogens is 278 g/mol. The Morgan fingerprint density at radius 1 is 1.70 bits per heavy atom. The Hall–Kier alpha value is -1.80. The molecule has 20 heavy (non-hydrogen) atoms. The van der Waals surface area contributed by atoms with Gasteiger partial charge in [0.1, 0.15) is 23.0 Å². The number of carboxylic acids is 1. The normalized spacial score (nSPS) is 22.4. The second kappa shape index (κ2) is 6.10. The van der Waals surface area contributed by atoms with E-state index in [1.807, 2.05) is 6.07 Å². The molecular formula is C14H16ClN3O2. The fraction of sp³-hybridized carbons (Fsp3) is 0.500. The van der Waals surface area contributed by atoms with Crippen LogP contribution in [0.2, 0.25) is 5.02 Å². The fourth-order valence-electron chi connectivity index (χ4n) is 2.62. The standard InChI is InChI=1S/C14H16ClN3O2/c1-2-9-4-6-18(11(7-9)14(19)20)13-12(15)10(8-16)3-5-17-13/h3,5,9,11H,2,4,6-7H2,1H3,(H,19,20). The summed E-state index contributed by atoms with van der Waals surface area (Å²) in [5.41, 5.74) is 0.318. The van der Waals surface area contributed by atoms with Crippen molar-refractivity contribution in [2.24, 2.45) is 5.92 Å². The molecule has 1 N–H and O–H groups in total. The van der Waals surface area contributed by atoms with Crippen molar-refractivity contribution in [2.75, 3.05) is 11.4 Å². The molecule has 1 aromatic rings. The van der Waals surface area contributed by atoms with Gasteiger partial charge in [-0.1, -0.05) is 24.9 Å². The lowest BCUT2D eigenvalue weighted by molar-refractivity contribution is -0.139. The third-order valence-electron chi connectivity index (χ3n) is 3.84. The zero-order valence-electron chi connectivity index (χ0n) is 11.2. The van der Waals surface area contributed by atoms with Crippen LogP contribution < -0.4 is 4.90 Å². The van der Waals surface area contributed by atoms with Crippen LogP contribution in [0.25, 0.3) is 0 Å². The Labute approximate surface area is 122 Å². The van der Waals surface area contributed by atoms with E-state index >= 15 is 0 Å². The van der Waals surface area contributed by atoms with E-state index in [1.54, 1.807) is 4.90 Å². The molecule has 5 nitrogen and oxygen atoms in total. The van der Waals surface area contributed by atoms with E-state index in [1.165, 1.54) is 12.3 Å². The molecule has 1 aromatic heterocycles. The summed E-state index contributed by atoms with van der Waals surface area (Å²) in [6.45, 7) is 2.66. The number of carbonyl (C=O) groups is 1. The lowest BCUT2D eigenvalue weighted by Crippen LogP contribution is -2.47. The van der Waals surface area contributed by atoms with E-state index in [9.17, 15) is 9.90 Å². The second-order valence-corrected chi connectivity index (χ2v) is 5.33. The molecule has 106 valence electrons. The quantitative estimate of drug-likeness (QED) is 0.927. The van der Waals surface area contributed by atoms with Crippen molar-refractivity contribution in [3.05, 3.63) is 22.8 Å². The molecule has 1 aliphatic heterocycles. The number of halogens is 1. The van der Waals surface area contributed by atoms with Crippen LogP contribution in [0, 0.1) is 17.2 Å². The Kier molecular flexibility index (Phi) is 4.46. The molecule has 0 radical (unpaired) electrons. The van der Waals surface area contributed by atoms with E-state index in [4.69, 9.17) is 16.9 Å². The number of piperidine rings is 1. The van der Waals surface area contributed by atoms with Crippen LogP contribution in [-0.2, 0) is 4.79 Å². The van der Waals surface area contributed by atoms with E-state index in [-0.39, 0.29) is 5.02 Å². The number of nitrogens with zero attached hydrogens (tertiary/aromatic N) is 3. The van der Waals surface area contributed by atoms with Crippen LogP contribution in [0.15, 0.2) is 12.3 Å². The number of aromatic nitrogens is 1. The minimum atomic E-state index is -0.872. The third-order valence-corrected chi connectivity index (χ3v) is 4.21. The summed E-state index contributed by atoms with van der Waals surface area (Å²) < 4.78 is 0. The molecule has 1 aliphatic rings. The predicted octanol–water partition coefficient (Wildman–Crippen LogP) is 2.69. The van der Waals surface area contributed by atoms with Gasteiger partial charge in [0, 0.05) is 12.7 Å². The van der Waals surface area contributed by atoms with Gasteiger partial charge in [-0.05, 0) is 24.8 Å². The highest BCUT2D eigenvalue weighted by atomic mass is 35.5. The third kappa shape index (κ3) is 2.70. The number of aliphatic carboxylic acids is 1. The van der Waals surface area contributed by atoms with E-state index in [2.05, 4.69) is 11.9 Å². The van der Waals surface area contributed by atoms with Crippen LogP contribution in [-0.4, -0.2) is 28.6 Å². The van der Waals surface area contributed by atoms with Crippen LogP contribution >= 0.6 is 11.6 Å². The van der Waals surface area contributed by atoms with Gasteiger partial charge in [0.25, 0.3) is 0 Å². The molecule has 6 heteroatoms. The molecule has 1 fully saturated rings. The van der Waals surface area contributed by atoms with Gasteiger partial charge in [0.15, 0.2) is 0 Å². The monoisotopic (exact) mass is 293 g/mol. The van der Waals surface area contributed by atoms with Crippen molar-refractivity contribution in [3.63, 3.8) is 0 Å². The van der Waals surface area contributed by atoms with Crippen molar-refractivity contribution >= 4 is 23.4 Å². The molecule has 2 unspecified atom stereocenters. The van der Waals surface area contributed by atoms with Crippen molar-refractivity contribution in [1.29, 1.82) is 5.26 Å². The average Bonchev–Trinajstić information content (AvgIpc) is 2.47. The zero-order chi connectivity index (χ0) is 14.7. The highest BCUT2D eigenvalue weighted by Crippen LogP contribution is 2.33. The molecule has 0 aliphatic carbocycles. The second-order valence-electron chi connectivity index (χ2n) is 4.95. The van der Waals surface area contributed by atoms with Crippen LogP contribution in [0.5, 0.6) is 0 Å². The van der Waals surface area contributed by atoms with Gasteiger partial charge in [-0.2, -0.15) is 5.26 Å². The largest absolute Gasteiger partial charge is 0.480 e. The van der Waals surface area contributed by atoms with E-state index in [0.717, 1.165) is 12.8 Å². The maximum absolute atomic E-state index is 11.5. The van der Waals surface area contributed by atoms with Gasteiger partial charge in [0.2, 0.25) is 0 Å². The first-order chi connectivity index (χ1) is 9.58. The van der Waals surface area contributed by atoms with Gasteiger partial charge in [-0.25, -0.2) is 9.78 Å².